The average molecular weight is 480 g/mol. The van der Waals surface area contributed by atoms with Crippen molar-refractivity contribution in [2.75, 3.05) is 6.61 Å². The van der Waals surface area contributed by atoms with Crippen LogP contribution in [0.25, 0.3) is 0 Å². The second-order valence-corrected chi connectivity index (χ2v) is 7.87. The molecule has 33 heavy (non-hydrogen) atoms. The minimum atomic E-state index is -4.49. The Balaban J connectivity index is 0.00000544. The Hall–Kier alpha value is -1.36. The van der Waals surface area contributed by atoms with Crippen LogP contribution < -0.4 is 39.4 Å². The van der Waals surface area contributed by atoms with E-state index in [1.54, 1.807) is 6.08 Å². The zero-order valence-electron chi connectivity index (χ0n) is 18.4. The number of carboxylic acid groups (broad SMARTS) is 1. The molecule has 1 saturated carbocycles. The average Bonchev–Trinajstić information content (AvgIpc) is 2.99. The fourth-order valence-electron chi connectivity index (χ4n) is 3.70. The number of halogens is 3. The van der Waals surface area contributed by atoms with Crippen LogP contribution in [0.4, 0.5) is 13.2 Å². The third-order valence-electron chi connectivity index (χ3n) is 5.38. The van der Waals surface area contributed by atoms with Gasteiger partial charge in [-0.1, -0.05) is 30.4 Å². The summed E-state index contributed by atoms with van der Waals surface area (Å²) < 4.78 is 43.5. The van der Waals surface area contributed by atoms with Gasteiger partial charge in [-0.2, -0.15) is 13.2 Å². The zero-order chi connectivity index (χ0) is 23.7. The Bertz CT molecular complexity index is 799. The number of unbranched alkanes of at least 4 members (excludes halogenated alkanes) is 1. The summed E-state index contributed by atoms with van der Waals surface area (Å²) in [5.41, 5.74) is -0.848. The number of benzene rings is 1. The van der Waals surface area contributed by atoms with E-state index in [0.29, 0.717) is 19.3 Å². The van der Waals surface area contributed by atoms with Gasteiger partial charge >= 0.3 is 35.7 Å². The molecule has 1 fully saturated rings. The molecule has 5 atom stereocenters. The molecule has 0 amide bonds. The molecule has 0 aromatic heterocycles. The van der Waals surface area contributed by atoms with Crippen molar-refractivity contribution in [1.82, 2.24) is 0 Å². The smallest absolute Gasteiger partial charge is 0.550 e. The molecule has 0 unspecified atom stereocenters. The topological polar surface area (TPSA) is 110 Å². The van der Waals surface area contributed by atoms with E-state index in [0.717, 1.165) is 12.1 Å². The minimum Gasteiger partial charge on any atom is -0.550 e. The van der Waals surface area contributed by atoms with Crippen LogP contribution in [0.1, 0.15) is 37.7 Å². The van der Waals surface area contributed by atoms with Crippen LogP contribution in [-0.4, -0.2) is 46.2 Å². The van der Waals surface area contributed by atoms with Gasteiger partial charge in [0.15, 0.2) is 0 Å². The molecule has 178 valence electrons. The van der Waals surface area contributed by atoms with Crippen LogP contribution in [0.5, 0.6) is 5.75 Å². The third kappa shape index (κ3) is 10.2. The summed E-state index contributed by atoms with van der Waals surface area (Å²) in [6, 6.07) is 4.35. The third-order valence-corrected chi connectivity index (χ3v) is 5.38. The minimum absolute atomic E-state index is 0. The molecule has 6 nitrogen and oxygen atoms in total. The molecule has 3 N–H and O–H groups in total. The molecule has 0 bridgehead atoms. The molecule has 1 aromatic carbocycles. The van der Waals surface area contributed by atoms with Gasteiger partial charge in [0.25, 0.3) is 0 Å². The van der Waals surface area contributed by atoms with E-state index < -0.39 is 41.9 Å². The van der Waals surface area contributed by atoms with Crippen molar-refractivity contribution in [3.05, 3.63) is 54.1 Å². The number of aliphatic carboxylic acids is 1. The summed E-state index contributed by atoms with van der Waals surface area (Å²) in [6.07, 6.45) is 1.15. The fourth-order valence-corrected chi connectivity index (χ4v) is 3.70. The summed E-state index contributed by atoms with van der Waals surface area (Å²) in [5, 5.41) is 41.0. The molecule has 0 spiro atoms. The predicted octanol–water partition coefficient (Wildman–Crippen LogP) is -0.770. The van der Waals surface area contributed by atoms with Crippen molar-refractivity contribution in [3.8, 4) is 5.75 Å². The molecular weight excluding hydrogens is 452 g/mol. The molecule has 0 radical (unpaired) electrons. The van der Waals surface area contributed by atoms with E-state index in [-0.39, 0.29) is 60.7 Å². The number of hydrogen-bond acceptors (Lipinski definition) is 6. The summed E-state index contributed by atoms with van der Waals surface area (Å²) in [7, 11) is 0. The van der Waals surface area contributed by atoms with E-state index in [2.05, 4.69) is 0 Å². The summed E-state index contributed by atoms with van der Waals surface area (Å²) in [4.78, 5) is 10.4. The fraction of sp³-hybridized carbons (Fsp3) is 0.522. The SMILES string of the molecule is O=C([O-])CCC/C=C\C[C@@H]1[C@@H](/C=C/[C@@H](O)COc2cccc(C(F)(F)F)c2)[C@H](O)C[C@@H]1O.[Na+]. The largest absolute Gasteiger partial charge is 1.00 e. The second kappa shape index (κ2) is 14.1. The van der Waals surface area contributed by atoms with Crippen molar-refractivity contribution in [2.45, 2.75) is 56.6 Å². The van der Waals surface area contributed by atoms with Gasteiger partial charge in [0.2, 0.25) is 0 Å². The van der Waals surface area contributed by atoms with Gasteiger partial charge in [0.1, 0.15) is 18.5 Å². The first kappa shape index (κ1) is 29.7. The predicted molar refractivity (Wildman–Crippen MR) is 108 cm³/mol. The summed E-state index contributed by atoms with van der Waals surface area (Å²) in [6.45, 7) is -0.272. The Morgan fingerprint density at radius 1 is 1.24 bits per heavy atom. The number of carbonyl (C=O) groups is 1. The van der Waals surface area contributed by atoms with Crippen LogP contribution in [0, 0.1) is 11.8 Å². The van der Waals surface area contributed by atoms with Crippen molar-refractivity contribution in [2.24, 2.45) is 11.8 Å². The van der Waals surface area contributed by atoms with Crippen LogP contribution in [0.2, 0.25) is 0 Å². The number of hydrogen-bond donors (Lipinski definition) is 3. The van der Waals surface area contributed by atoms with Crippen molar-refractivity contribution >= 4 is 5.97 Å². The van der Waals surface area contributed by atoms with Gasteiger partial charge < -0.3 is 30.0 Å². The van der Waals surface area contributed by atoms with E-state index >= 15 is 0 Å². The van der Waals surface area contributed by atoms with Gasteiger partial charge in [-0.05, 0) is 49.8 Å². The Labute approximate surface area is 213 Å². The zero-order valence-corrected chi connectivity index (χ0v) is 20.4. The number of alkyl halides is 3. The normalized spacial score (nSPS) is 24.2. The number of aliphatic hydroxyl groups is 3. The molecule has 1 aliphatic carbocycles. The van der Waals surface area contributed by atoms with Gasteiger partial charge in [-0.15, -0.1) is 0 Å². The van der Waals surface area contributed by atoms with Gasteiger partial charge in [0, 0.05) is 18.3 Å². The van der Waals surface area contributed by atoms with E-state index in [1.807, 2.05) is 12.2 Å². The van der Waals surface area contributed by atoms with Crippen LogP contribution >= 0.6 is 0 Å². The molecule has 0 aliphatic heterocycles. The van der Waals surface area contributed by atoms with Gasteiger partial charge in [-0.3, -0.25) is 0 Å². The summed E-state index contributed by atoms with van der Waals surface area (Å²) >= 11 is 0. The van der Waals surface area contributed by atoms with Crippen LogP contribution in [0.3, 0.4) is 0 Å². The van der Waals surface area contributed by atoms with E-state index in [9.17, 15) is 38.4 Å². The first-order valence-corrected chi connectivity index (χ1v) is 10.5. The van der Waals surface area contributed by atoms with Gasteiger partial charge in [-0.25, -0.2) is 0 Å². The molecule has 0 heterocycles. The maximum absolute atomic E-state index is 12.8. The maximum atomic E-state index is 12.8. The van der Waals surface area contributed by atoms with Crippen molar-refractivity contribution in [3.63, 3.8) is 0 Å². The van der Waals surface area contributed by atoms with E-state index in [1.165, 1.54) is 18.2 Å². The van der Waals surface area contributed by atoms with Crippen LogP contribution in [-0.2, 0) is 11.0 Å². The number of allylic oxidation sites excluding steroid dienone is 2. The molecule has 1 aliphatic rings. The number of ether oxygens (including phenoxy) is 1. The van der Waals surface area contributed by atoms with Crippen molar-refractivity contribution < 1.29 is 72.7 Å². The molecule has 1 aromatic rings. The van der Waals surface area contributed by atoms with Gasteiger partial charge in [0.05, 0.1) is 17.8 Å². The summed E-state index contributed by atoms with van der Waals surface area (Å²) in [5.74, 6) is -1.82. The monoisotopic (exact) mass is 480 g/mol. The first-order valence-electron chi connectivity index (χ1n) is 10.5. The number of carboxylic acids is 1. The Morgan fingerprint density at radius 2 is 1.97 bits per heavy atom. The molecule has 2 rings (SSSR count). The Morgan fingerprint density at radius 3 is 2.64 bits per heavy atom. The number of carbonyl (C=O) groups excluding carboxylic acids is 1. The van der Waals surface area contributed by atoms with E-state index in [4.69, 9.17) is 4.74 Å². The standard InChI is InChI=1S/C23H29F3O6.Na/c24-23(25,26)15-6-5-7-17(12-15)32-14-16(27)10-11-19-18(20(28)13-21(19)29)8-3-1-2-4-9-22(30)31;/h1,3,5-7,10-12,16,18-21,27-29H,2,4,8-9,13-14H2,(H,30,31);/q;+1/p-1/b3-1-,11-10+;/t16-,18-,19-,20+,21-;/m1./s1. The maximum Gasteiger partial charge on any atom is 1.00 e. The molecular formula is C23H28F3NaO6. The number of rotatable bonds is 11. The second-order valence-electron chi connectivity index (χ2n) is 7.87. The molecule has 10 heteroatoms. The van der Waals surface area contributed by atoms with Crippen LogP contribution in [0.15, 0.2) is 48.6 Å². The molecule has 0 saturated heterocycles. The van der Waals surface area contributed by atoms with Crippen molar-refractivity contribution in [1.29, 1.82) is 0 Å². The Kier molecular flexibility index (Phi) is 12.7. The number of aliphatic hydroxyl groups excluding tert-OH is 3. The quantitative estimate of drug-likeness (QED) is 0.218. The first-order chi connectivity index (χ1) is 15.1.